The first-order chi connectivity index (χ1) is 12.5. The van der Waals surface area contributed by atoms with E-state index in [0.717, 1.165) is 0 Å². The molecule has 0 spiro atoms. The number of carbonyl (C=O) groups excluding carboxylic acids is 2. The van der Waals surface area contributed by atoms with Gasteiger partial charge in [-0.2, -0.15) is 0 Å². The second-order valence-electron chi connectivity index (χ2n) is 6.07. The van der Waals surface area contributed by atoms with Gasteiger partial charge in [0.05, 0.1) is 5.56 Å². The highest BCUT2D eigenvalue weighted by atomic mass is 79.9. The van der Waals surface area contributed by atoms with E-state index in [2.05, 4.69) is 15.9 Å². The van der Waals surface area contributed by atoms with Crippen LogP contribution in [0, 0.1) is 5.82 Å². The van der Waals surface area contributed by atoms with Gasteiger partial charge in [0.15, 0.2) is 0 Å². The first-order valence-corrected chi connectivity index (χ1v) is 9.42. The minimum atomic E-state index is -0.374. The molecule has 0 aliphatic carbocycles. The number of rotatable bonds is 2. The molecule has 1 fully saturated rings. The molecule has 26 heavy (non-hydrogen) atoms. The molecule has 0 atom stereocenters. The van der Waals surface area contributed by atoms with E-state index in [0.29, 0.717) is 53.2 Å². The lowest BCUT2D eigenvalue weighted by Gasteiger charge is -2.23. The van der Waals surface area contributed by atoms with Crippen molar-refractivity contribution in [3.63, 3.8) is 0 Å². The standard InChI is InChI=1S/C19H17BrClFN2O2/c20-17-7-4-14(21)12-16(17)19(26)24-9-1-8-23(10-11-24)18(25)13-2-5-15(22)6-3-13/h2-7,12H,1,8-11H2. The lowest BCUT2D eigenvalue weighted by Crippen LogP contribution is -2.37. The summed E-state index contributed by atoms with van der Waals surface area (Å²) in [5.41, 5.74) is 0.958. The Bertz CT molecular complexity index is 829. The van der Waals surface area contributed by atoms with Crippen molar-refractivity contribution >= 4 is 39.3 Å². The molecule has 0 aromatic heterocycles. The van der Waals surface area contributed by atoms with Gasteiger partial charge in [0, 0.05) is 41.2 Å². The summed E-state index contributed by atoms with van der Waals surface area (Å²) in [7, 11) is 0. The van der Waals surface area contributed by atoms with Gasteiger partial charge in [-0.05, 0) is 64.8 Å². The normalized spacial score (nSPS) is 14.9. The van der Waals surface area contributed by atoms with Crippen LogP contribution in [0.15, 0.2) is 46.9 Å². The number of carbonyl (C=O) groups is 2. The van der Waals surface area contributed by atoms with Crippen molar-refractivity contribution in [2.75, 3.05) is 26.2 Å². The molecule has 1 aliphatic rings. The predicted molar refractivity (Wildman–Crippen MR) is 102 cm³/mol. The SMILES string of the molecule is O=C(c1ccc(F)cc1)N1CCCN(C(=O)c2cc(Cl)ccc2Br)CC1. The van der Waals surface area contributed by atoms with Crippen LogP contribution in [-0.2, 0) is 0 Å². The summed E-state index contributed by atoms with van der Waals surface area (Å²) >= 11 is 9.39. The maximum Gasteiger partial charge on any atom is 0.255 e. The van der Waals surface area contributed by atoms with Crippen LogP contribution in [0.5, 0.6) is 0 Å². The van der Waals surface area contributed by atoms with E-state index in [-0.39, 0.29) is 17.6 Å². The van der Waals surface area contributed by atoms with Crippen LogP contribution in [0.3, 0.4) is 0 Å². The third-order valence-corrected chi connectivity index (χ3v) is 5.25. The van der Waals surface area contributed by atoms with Crippen LogP contribution in [0.4, 0.5) is 4.39 Å². The van der Waals surface area contributed by atoms with Gasteiger partial charge in [0.2, 0.25) is 0 Å². The van der Waals surface area contributed by atoms with Crippen LogP contribution in [-0.4, -0.2) is 47.8 Å². The number of nitrogens with zero attached hydrogens (tertiary/aromatic N) is 2. The Morgan fingerprint density at radius 3 is 2.19 bits per heavy atom. The highest BCUT2D eigenvalue weighted by molar-refractivity contribution is 9.10. The quantitative estimate of drug-likeness (QED) is 0.703. The zero-order valence-corrected chi connectivity index (χ0v) is 16.3. The molecule has 0 radical (unpaired) electrons. The van der Waals surface area contributed by atoms with Crippen LogP contribution < -0.4 is 0 Å². The number of hydrogen-bond donors (Lipinski definition) is 0. The summed E-state index contributed by atoms with van der Waals surface area (Å²) in [4.78, 5) is 28.8. The summed E-state index contributed by atoms with van der Waals surface area (Å²) in [5, 5.41) is 0.500. The molecule has 0 N–H and O–H groups in total. The summed E-state index contributed by atoms with van der Waals surface area (Å²) in [6.45, 7) is 1.98. The smallest absolute Gasteiger partial charge is 0.255 e. The molecule has 1 aliphatic heterocycles. The van der Waals surface area contributed by atoms with Crippen molar-refractivity contribution in [2.24, 2.45) is 0 Å². The Morgan fingerprint density at radius 2 is 1.54 bits per heavy atom. The van der Waals surface area contributed by atoms with Crippen LogP contribution in [0.25, 0.3) is 0 Å². The molecular formula is C19H17BrClFN2O2. The van der Waals surface area contributed by atoms with E-state index in [4.69, 9.17) is 11.6 Å². The van der Waals surface area contributed by atoms with Gasteiger partial charge in [-0.15, -0.1) is 0 Å². The minimum Gasteiger partial charge on any atom is -0.337 e. The number of amides is 2. The van der Waals surface area contributed by atoms with Crippen molar-refractivity contribution in [3.8, 4) is 0 Å². The molecule has 2 aromatic rings. The van der Waals surface area contributed by atoms with E-state index < -0.39 is 0 Å². The first-order valence-electron chi connectivity index (χ1n) is 8.25. The van der Waals surface area contributed by atoms with Crippen molar-refractivity contribution in [1.29, 1.82) is 0 Å². The maximum atomic E-state index is 13.0. The van der Waals surface area contributed by atoms with Crippen molar-refractivity contribution in [1.82, 2.24) is 9.80 Å². The average molecular weight is 440 g/mol. The van der Waals surface area contributed by atoms with Crippen LogP contribution >= 0.6 is 27.5 Å². The molecule has 1 saturated heterocycles. The Morgan fingerprint density at radius 1 is 0.923 bits per heavy atom. The van der Waals surface area contributed by atoms with Gasteiger partial charge < -0.3 is 9.80 Å². The third-order valence-electron chi connectivity index (χ3n) is 4.32. The van der Waals surface area contributed by atoms with E-state index in [1.54, 1.807) is 28.0 Å². The van der Waals surface area contributed by atoms with E-state index in [9.17, 15) is 14.0 Å². The van der Waals surface area contributed by atoms with Gasteiger partial charge in [-0.25, -0.2) is 4.39 Å². The van der Waals surface area contributed by atoms with Gasteiger partial charge in [-0.1, -0.05) is 11.6 Å². The monoisotopic (exact) mass is 438 g/mol. The average Bonchev–Trinajstić information content (AvgIpc) is 2.89. The maximum absolute atomic E-state index is 13.0. The number of hydrogen-bond acceptors (Lipinski definition) is 2. The third kappa shape index (κ3) is 4.24. The molecular weight excluding hydrogens is 423 g/mol. The molecule has 0 bridgehead atoms. The van der Waals surface area contributed by atoms with Gasteiger partial charge in [-0.3, -0.25) is 9.59 Å². The summed E-state index contributed by atoms with van der Waals surface area (Å²) in [5.74, 6) is -0.639. The fraction of sp³-hybridized carbons (Fsp3) is 0.263. The molecule has 1 heterocycles. The number of benzene rings is 2. The first kappa shape index (κ1) is 18.9. The Balaban J connectivity index is 1.70. The number of halogens is 3. The molecule has 136 valence electrons. The van der Waals surface area contributed by atoms with Crippen LogP contribution in [0.1, 0.15) is 27.1 Å². The Labute approximate surface area is 164 Å². The van der Waals surface area contributed by atoms with E-state index in [1.165, 1.54) is 24.3 Å². The second-order valence-corrected chi connectivity index (χ2v) is 7.36. The zero-order chi connectivity index (χ0) is 18.7. The fourth-order valence-electron chi connectivity index (χ4n) is 2.93. The fourth-order valence-corrected chi connectivity index (χ4v) is 3.52. The molecule has 0 saturated carbocycles. The Kier molecular flexibility index (Phi) is 5.94. The molecule has 2 aromatic carbocycles. The summed E-state index contributed by atoms with van der Waals surface area (Å²) in [6, 6.07) is 10.6. The van der Waals surface area contributed by atoms with E-state index >= 15 is 0 Å². The summed E-state index contributed by atoms with van der Waals surface area (Å²) in [6.07, 6.45) is 0.677. The topological polar surface area (TPSA) is 40.6 Å². The second kappa shape index (κ2) is 8.18. The lowest BCUT2D eigenvalue weighted by molar-refractivity contribution is 0.0718. The zero-order valence-electron chi connectivity index (χ0n) is 13.9. The molecule has 7 heteroatoms. The lowest BCUT2D eigenvalue weighted by atomic mass is 10.2. The largest absolute Gasteiger partial charge is 0.337 e. The van der Waals surface area contributed by atoms with Crippen molar-refractivity contribution < 1.29 is 14.0 Å². The predicted octanol–water partition coefficient (Wildman–Crippen LogP) is 4.23. The summed E-state index contributed by atoms with van der Waals surface area (Å²) < 4.78 is 13.7. The Hall–Kier alpha value is -1.92. The van der Waals surface area contributed by atoms with Crippen molar-refractivity contribution in [2.45, 2.75) is 6.42 Å². The molecule has 3 rings (SSSR count). The van der Waals surface area contributed by atoms with Gasteiger partial charge >= 0.3 is 0 Å². The minimum absolute atomic E-state index is 0.115. The highest BCUT2D eigenvalue weighted by Crippen LogP contribution is 2.23. The molecule has 0 unspecified atom stereocenters. The van der Waals surface area contributed by atoms with Gasteiger partial charge in [0.1, 0.15) is 5.82 Å². The van der Waals surface area contributed by atoms with Crippen LogP contribution in [0.2, 0.25) is 5.02 Å². The molecule has 4 nitrogen and oxygen atoms in total. The van der Waals surface area contributed by atoms with E-state index in [1.807, 2.05) is 0 Å². The van der Waals surface area contributed by atoms with Gasteiger partial charge in [0.25, 0.3) is 11.8 Å². The molecule has 2 amide bonds. The van der Waals surface area contributed by atoms with Crippen molar-refractivity contribution in [3.05, 3.63) is 68.9 Å². The highest BCUT2D eigenvalue weighted by Gasteiger charge is 2.24.